The fourth-order valence-corrected chi connectivity index (χ4v) is 1.84. The largest absolute Gasteiger partial charge is 0.392 e. The van der Waals surface area contributed by atoms with Crippen molar-refractivity contribution >= 4 is 0 Å². The van der Waals surface area contributed by atoms with Gasteiger partial charge in [0.05, 0.1) is 6.10 Å². The molecule has 0 aromatic heterocycles. The minimum atomic E-state index is -0.104. The number of aliphatic hydroxyl groups is 1. The van der Waals surface area contributed by atoms with E-state index in [9.17, 15) is 5.11 Å². The average Bonchev–Trinajstić information content (AvgIpc) is 2.00. The topological polar surface area (TPSA) is 23.5 Å². The van der Waals surface area contributed by atoms with Gasteiger partial charge in [0.2, 0.25) is 0 Å². The molecule has 0 aliphatic carbocycles. The van der Waals surface area contributed by atoms with Gasteiger partial charge in [0.25, 0.3) is 0 Å². The van der Waals surface area contributed by atoms with Gasteiger partial charge in [0, 0.05) is 19.6 Å². The van der Waals surface area contributed by atoms with Gasteiger partial charge in [0.15, 0.2) is 0 Å². The number of β-amino-alcohol motifs (C(OH)–C–C–N with tert-alkyl or cyclic N) is 1. The summed E-state index contributed by atoms with van der Waals surface area (Å²) in [4.78, 5) is 2.36. The Labute approximate surface area is 75.6 Å². The van der Waals surface area contributed by atoms with Gasteiger partial charge < -0.3 is 10.0 Å². The zero-order valence-electron chi connectivity index (χ0n) is 8.29. The van der Waals surface area contributed by atoms with Crippen molar-refractivity contribution < 1.29 is 5.11 Å². The first-order valence-corrected chi connectivity index (χ1v) is 5.16. The van der Waals surface area contributed by atoms with E-state index in [4.69, 9.17) is 0 Å². The van der Waals surface area contributed by atoms with Crippen molar-refractivity contribution in [2.75, 3.05) is 19.6 Å². The maximum Gasteiger partial charge on any atom is 0.0664 e. The van der Waals surface area contributed by atoms with Crippen LogP contribution in [0, 0.1) is 5.92 Å². The predicted molar refractivity (Wildman–Crippen MR) is 51.1 cm³/mol. The summed E-state index contributed by atoms with van der Waals surface area (Å²) < 4.78 is 0. The lowest BCUT2D eigenvalue weighted by Gasteiger charge is -2.40. The maximum absolute atomic E-state index is 9.37. The van der Waals surface area contributed by atoms with Gasteiger partial charge in [-0.2, -0.15) is 0 Å². The highest BCUT2D eigenvalue weighted by Crippen LogP contribution is 2.20. The Bertz CT molecular complexity index is 121. The second-order valence-corrected chi connectivity index (χ2v) is 3.94. The Hall–Kier alpha value is -0.0800. The molecule has 72 valence electrons. The molecule has 1 rings (SSSR count). The normalized spacial score (nSPS) is 22.2. The first-order valence-electron chi connectivity index (χ1n) is 5.16. The number of hydrogen-bond donors (Lipinski definition) is 1. The zero-order chi connectivity index (χ0) is 8.97. The molecular weight excluding hydrogens is 150 g/mol. The molecule has 1 aliphatic rings. The summed E-state index contributed by atoms with van der Waals surface area (Å²) in [6.07, 6.45) is 3.44. The highest BCUT2D eigenvalue weighted by Gasteiger charge is 2.26. The maximum atomic E-state index is 9.37. The van der Waals surface area contributed by atoms with E-state index < -0.39 is 0 Å². The Kier molecular flexibility index (Phi) is 4.02. The van der Waals surface area contributed by atoms with Crippen LogP contribution in [0.5, 0.6) is 0 Å². The van der Waals surface area contributed by atoms with Crippen molar-refractivity contribution in [2.45, 2.75) is 39.2 Å². The SMILES string of the molecule is CCCC1CN(CC(O)CC)C1. The van der Waals surface area contributed by atoms with Crippen LogP contribution in [0.2, 0.25) is 0 Å². The minimum absolute atomic E-state index is 0.104. The molecule has 0 saturated carbocycles. The molecule has 1 saturated heterocycles. The minimum Gasteiger partial charge on any atom is -0.392 e. The molecule has 2 nitrogen and oxygen atoms in total. The van der Waals surface area contributed by atoms with Crippen LogP contribution in [0.1, 0.15) is 33.1 Å². The second kappa shape index (κ2) is 4.83. The third-order valence-corrected chi connectivity index (χ3v) is 2.67. The van der Waals surface area contributed by atoms with Crippen molar-refractivity contribution in [3.05, 3.63) is 0 Å². The molecule has 0 amide bonds. The molecule has 0 aromatic carbocycles. The van der Waals surface area contributed by atoms with Crippen molar-refractivity contribution in [3.8, 4) is 0 Å². The summed E-state index contributed by atoms with van der Waals surface area (Å²) in [5, 5.41) is 9.37. The molecule has 1 atom stereocenters. The number of hydrogen-bond acceptors (Lipinski definition) is 2. The smallest absolute Gasteiger partial charge is 0.0664 e. The van der Waals surface area contributed by atoms with Gasteiger partial charge in [-0.3, -0.25) is 0 Å². The van der Waals surface area contributed by atoms with Gasteiger partial charge in [-0.1, -0.05) is 20.3 Å². The Morgan fingerprint density at radius 2 is 2.08 bits per heavy atom. The Balaban J connectivity index is 2.01. The molecule has 0 aromatic rings. The van der Waals surface area contributed by atoms with Crippen LogP contribution in [-0.4, -0.2) is 35.7 Å². The fourth-order valence-electron chi connectivity index (χ4n) is 1.84. The van der Waals surface area contributed by atoms with Gasteiger partial charge in [-0.25, -0.2) is 0 Å². The summed E-state index contributed by atoms with van der Waals surface area (Å²) in [6, 6.07) is 0. The fraction of sp³-hybridized carbons (Fsp3) is 1.00. The summed E-state index contributed by atoms with van der Waals surface area (Å²) in [5.41, 5.74) is 0. The van der Waals surface area contributed by atoms with E-state index in [1.54, 1.807) is 0 Å². The van der Waals surface area contributed by atoms with Crippen molar-refractivity contribution in [3.63, 3.8) is 0 Å². The summed E-state index contributed by atoms with van der Waals surface area (Å²) >= 11 is 0. The van der Waals surface area contributed by atoms with E-state index in [1.165, 1.54) is 25.9 Å². The lowest BCUT2D eigenvalue weighted by atomic mass is 9.94. The Morgan fingerprint density at radius 3 is 2.58 bits per heavy atom. The zero-order valence-corrected chi connectivity index (χ0v) is 8.29. The highest BCUT2D eigenvalue weighted by atomic mass is 16.3. The van der Waals surface area contributed by atoms with Crippen molar-refractivity contribution in [1.82, 2.24) is 4.90 Å². The van der Waals surface area contributed by atoms with Crippen LogP contribution >= 0.6 is 0 Å². The summed E-state index contributed by atoms with van der Waals surface area (Å²) in [6.45, 7) is 7.59. The molecule has 0 spiro atoms. The van der Waals surface area contributed by atoms with Crippen molar-refractivity contribution in [2.24, 2.45) is 5.92 Å². The quantitative estimate of drug-likeness (QED) is 0.677. The number of nitrogens with zero attached hydrogens (tertiary/aromatic N) is 1. The monoisotopic (exact) mass is 171 g/mol. The molecule has 1 aliphatic heterocycles. The van der Waals surface area contributed by atoms with E-state index in [1.807, 2.05) is 6.92 Å². The summed E-state index contributed by atoms with van der Waals surface area (Å²) in [5.74, 6) is 0.916. The molecule has 12 heavy (non-hydrogen) atoms. The van der Waals surface area contributed by atoms with E-state index in [-0.39, 0.29) is 6.10 Å². The van der Waals surface area contributed by atoms with Crippen LogP contribution in [0.25, 0.3) is 0 Å². The van der Waals surface area contributed by atoms with Gasteiger partial charge in [-0.15, -0.1) is 0 Å². The molecule has 1 heterocycles. The number of likely N-dealkylation sites (tertiary alicyclic amines) is 1. The first-order chi connectivity index (χ1) is 5.76. The molecule has 1 N–H and O–H groups in total. The predicted octanol–water partition coefficient (Wildman–Crippen LogP) is 1.49. The third-order valence-electron chi connectivity index (χ3n) is 2.67. The van der Waals surface area contributed by atoms with Crippen LogP contribution in [0.3, 0.4) is 0 Å². The van der Waals surface area contributed by atoms with E-state index in [2.05, 4.69) is 11.8 Å². The Morgan fingerprint density at radius 1 is 1.42 bits per heavy atom. The molecular formula is C10H21NO. The molecule has 0 bridgehead atoms. The number of rotatable bonds is 5. The molecule has 1 unspecified atom stereocenters. The van der Waals surface area contributed by atoms with Crippen LogP contribution in [0.4, 0.5) is 0 Å². The van der Waals surface area contributed by atoms with E-state index in [0.717, 1.165) is 18.9 Å². The molecule has 2 heteroatoms. The molecule has 1 fully saturated rings. The lowest BCUT2D eigenvalue weighted by molar-refractivity contribution is 0.0356. The highest BCUT2D eigenvalue weighted by molar-refractivity contribution is 4.80. The van der Waals surface area contributed by atoms with E-state index >= 15 is 0 Å². The van der Waals surface area contributed by atoms with Crippen LogP contribution < -0.4 is 0 Å². The van der Waals surface area contributed by atoms with Crippen molar-refractivity contribution in [1.29, 1.82) is 0 Å². The van der Waals surface area contributed by atoms with Gasteiger partial charge >= 0.3 is 0 Å². The second-order valence-electron chi connectivity index (χ2n) is 3.94. The summed E-state index contributed by atoms with van der Waals surface area (Å²) in [7, 11) is 0. The lowest BCUT2D eigenvalue weighted by Crippen LogP contribution is -2.49. The average molecular weight is 171 g/mol. The van der Waals surface area contributed by atoms with Crippen LogP contribution in [-0.2, 0) is 0 Å². The van der Waals surface area contributed by atoms with E-state index in [0.29, 0.717) is 0 Å². The number of aliphatic hydroxyl groups excluding tert-OH is 1. The van der Waals surface area contributed by atoms with Gasteiger partial charge in [0.1, 0.15) is 0 Å². The van der Waals surface area contributed by atoms with Gasteiger partial charge in [-0.05, 0) is 18.8 Å². The standard InChI is InChI=1S/C10H21NO/c1-3-5-9-6-11(7-9)8-10(12)4-2/h9-10,12H,3-8H2,1-2H3. The molecule has 0 radical (unpaired) electrons. The van der Waals surface area contributed by atoms with Crippen LogP contribution in [0.15, 0.2) is 0 Å². The first kappa shape index (κ1) is 10.0. The third kappa shape index (κ3) is 2.76.